The molecule has 1 aliphatic heterocycles. The molecule has 0 aliphatic carbocycles. The summed E-state index contributed by atoms with van der Waals surface area (Å²) in [5.41, 5.74) is 0.596. The third-order valence-electron chi connectivity index (χ3n) is 6.11. The third-order valence-corrected chi connectivity index (χ3v) is 6.11. The number of aromatic nitrogens is 2. The van der Waals surface area contributed by atoms with Crippen LogP contribution in [0.15, 0.2) is 54.7 Å². The second-order valence-corrected chi connectivity index (χ2v) is 9.01. The average molecular weight is 532 g/mol. The van der Waals surface area contributed by atoms with Crippen LogP contribution in [-0.2, 0) is 15.7 Å². The summed E-state index contributed by atoms with van der Waals surface area (Å²) < 4.78 is 60.1. The van der Waals surface area contributed by atoms with E-state index in [1.165, 1.54) is 36.1 Å². The highest BCUT2D eigenvalue weighted by molar-refractivity contribution is 5.99. The first-order chi connectivity index (χ1) is 17.9. The molecule has 0 bridgehead atoms. The topological polar surface area (TPSA) is 100 Å². The number of nitrogens with zero attached hydrogens (tertiary/aromatic N) is 3. The zero-order chi connectivity index (χ0) is 27.6. The van der Waals surface area contributed by atoms with Crippen LogP contribution in [0.3, 0.4) is 0 Å². The Balaban J connectivity index is 1.40. The van der Waals surface area contributed by atoms with E-state index >= 15 is 0 Å². The van der Waals surface area contributed by atoms with Gasteiger partial charge in [-0.15, -0.1) is 0 Å². The Morgan fingerprint density at radius 1 is 1.21 bits per heavy atom. The molecule has 8 nitrogen and oxygen atoms in total. The van der Waals surface area contributed by atoms with E-state index < -0.39 is 29.8 Å². The molecular weight excluding hydrogens is 506 g/mol. The first-order valence-electron chi connectivity index (χ1n) is 11.7. The number of hydrogen-bond donors (Lipinski definition) is 2. The molecule has 0 radical (unpaired) electrons. The maximum Gasteiger partial charge on any atom is 0.416 e. The van der Waals surface area contributed by atoms with Crippen molar-refractivity contribution in [3.05, 3.63) is 71.7 Å². The van der Waals surface area contributed by atoms with Gasteiger partial charge >= 0.3 is 12.3 Å². The van der Waals surface area contributed by atoms with Gasteiger partial charge in [-0.3, -0.25) is 14.4 Å². The fourth-order valence-electron chi connectivity index (χ4n) is 4.08. The molecule has 12 heteroatoms. The van der Waals surface area contributed by atoms with E-state index in [2.05, 4.69) is 10.4 Å². The Kier molecular flexibility index (Phi) is 7.51. The highest BCUT2D eigenvalue weighted by Gasteiger charge is 2.33. The van der Waals surface area contributed by atoms with Crippen molar-refractivity contribution < 1.29 is 31.9 Å². The predicted molar refractivity (Wildman–Crippen MR) is 132 cm³/mol. The van der Waals surface area contributed by atoms with Crippen molar-refractivity contribution in [3.8, 4) is 11.3 Å². The number of hydrogen-bond acceptors (Lipinski definition) is 5. The molecular formula is C26H25F4N5O3. The second-order valence-electron chi connectivity index (χ2n) is 9.01. The summed E-state index contributed by atoms with van der Waals surface area (Å²) in [4.78, 5) is 24.5. The quantitative estimate of drug-likeness (QED) is 0.309. The zero-order valence-electron chi connectivity index (χ0n) is 20.6. The summed E-state index contributed by atoms with van der Waals surface area (Å²) in [6, 6.07) is 10.1. The van der Waals surface area contributed by atoms with E-state index in [1.54, 1.807) is 23.9 Å². The number of nitrogens with one attached hydrogen (secondary N) is 2. The van der Waals surface area contributed by atoms with E-state index in [-0.39, 0.29) is 48.4 Å². The standard InChI is InChI=1S/C26H25F4N5O3/c1-15(35-10-9-24(33-35)17-3-5-18(6-4-17)26(28,29)30)11-23(31)21-8-7-19(12-22(21)27)34-14-20(38-25(34)37)13-32-16(2)36/h3-10,12,15,20,31H,11,13-14H2,1-2H3,(H,32,36)/t15?,20-/m0/s1. The lowest BCUT2D eigenvalue weighted by atomic mass is 10.0. The number of alkyl halides is 3. The molecule has 0 spiro atoms. The largest absolute Gasteiger partial charge is 0.442 e. The van der Waals surface area contributed by atoms with E-state index in [0.29, 0.717) is 11.3 Å². The number of benzene rings is 2. The maximum atomic E-state index is 14.9. The normalized spacial score (nSPS) is 16.3. The molecule has 2 aromatic carbocycles. The van der Waals surface area contributed by atoms with E-state index in [1.807, 2.05) is 0 Å². The highest BCUT2D eigenvalue weighted by Crippen LogP contribution is 2.31. The number of ether oxygens (including phenoxy) is 1. The van der Waals surface area contributed by atoms with Crippen LogP contribution in [0.5, 0.6) is 0 Å². The van der Waals surface area contributed by atoms with E-state index in [4.69, 9.17) is 10.1 Å². The van der Waals surface area contributed by atoms with Crippen LogP contribution < -0.4 is 10.2 Å². The Labute approximate surface area is 215 Å². The minimum absolute atomic E-state index is 0.0145. The van der Waals surface area contributed by atoms with Gasteiger partial charge in [-0.1, -0.05) is 12.1 Å². The number of rotatable bonds is 8. The molecule has 0 saturated carbocycles. The molecule has 38 heavy (non-hydrogen) atoms. The van der Waals surface area contributed by atoms with Gasteiger partial charge in [0.25, 0.3) is 0 Å². The third kappa shape index (κ3) is 6.01. The van der Waals surface area contributed by atoms with Crippen molar-refractivity contribution in [3.63, 3.8) is 0 Å². The van der Waals surface area contributed by atoms with Crippen LogP contribution in [0.25, 0.3) is 11.3 Å². The summed E-state index contributed by atoms with van der Waals surface area (Å²) in [5.74, 6) is -0.933. The molecule has 200 valence electrons. The van der Waals surface area contributed by atoms with Gasteiger partial charge in [0.15, 0.2) is 0 Å². The number of halogens is 4. The van der Waals surface area contributed by atoms with Gasteiger partial charge in [-0.2, -0.15) is 18.3 Å². The number of cyclic esters (lactones) is 1. The summed E-state index contributed by atoms with van der Waals surface area (Å²) in [6.07, 6.45) is -3.85. The Morgan fingerprint density at radius 2 is 1.92 bits per heavy atom. The molecule has 2 N–H and O–H groups in total. The Hall–Kier alpha value is -4.22. The Bertz CT molecular complexity index is 1350. The van der Waals surface area contributed by atoms with E-state index in [0.717, 1.165) is 18.2 Å². The summed E-state index contributed by atoms with van der Waals surface area (Å²) in [5, 5.41) is 15.4. The van der Waals surface area contributed by atoms with Crippen molar-refractivity contribution in [2.75, 3.05) is 18.0 Å². The fourth-order valence-corrected chi connectivity index (χ4v) is 4.08. The van der Waals surface area contributed by atoms with Crippen LogP contribution in [-0.4, -0.2) is 46.7 Å². The van der Waals surface area contributed by atoms with Gasteiger partial charge in [-0.05, 0) is 43.3 Å². The number of amides is 2. The first kappa shape index (κ1) is 26.8. The van der Waals surface area contributed by atoms with Crippen LogP contribution in [0.2, 0.25) is 0 Å². The van der Waals surface area contributed by atoms with Crippen LogP contribution >= 0.6 is 0 Å². The van der Waals surface area contributed by atoms with Gasteiger partial charge in [0, 0.05) is 36.4 Å². The summed E-state index contributed by atoms with van der Waals surface area (Å²) in [7, 11) is 0. The monoisotopic (exact) mass is 531 g/mol. The average Bonchev–Trinajstić information content (AvgIpc) is 3.49. The fraction of sp³-hybridized carbons (Fsp3) is 0.308. The van der Waals surface area contributed by atoms with Gasteiger partial charge < -0.3 is 15.5 Å². The Morgan fingerprint density at radius 3 is 2.55 bits per heavy atom. The molecule has 2 atom stereocenters. The molecule has 4 rings (SSSR count). The van der Waals surface area contributed by atoms with Crippen LogP contribution in [0.1, 0.15) is 37.4 Å². The minimum Gasteiger partial charge on any atom is -0.442 e. The minimum atomic E-state index is -4.42. The molecule has 2 heterocycles. The van der Waals surface area contributed by atoms with Crippen molar-refractivity contribution in [2.45, 2.75) is 38.6 Å². The van der Waals surface area contributed by atoms with Gasteiger partial charge in [0.05, 0.1) is 36.1 Å². The van der Waals surface area contributed by atoms with Crippen molar-refractivity contribution >= 4 is 23.4 Å². The lowest BCUT2D eigenvalue weighted by Gasteiger charge is -2.16. The molecule has 1 unspecified atom stereocenters. The lowest BCUT2D eigenvalue weighted by molar-refractivity contribution is -0.137. The summed E-state index contributed by atoms with van der Waals surface area (Å²) >= 11 is 0. The number of carbonyl (C=O) groups is 2. The molecule has 1 saturated heterocycles. The van der Waals surface area contributed by atoms with Crippen molar-refractivity contribution in [2.24, 2.45) is 0 Å². The molecule has 1 aromatic heterocycles. The lowest BCUT2D eigenvalue weighted by Crippen LogP contribution is -2.33. The van der Waals surface area contributed by atoms with Crippen molar-refractivity contribution in [1.82, 2.24) is 15.1 Å². The molecule has 1 fully saturated rings. The van der Waals surface area contributed by atoms with E-state index in [9.17, 15) is 27.2 Å². The molecule has 2 amide bonds. The van der Waals surface area contributed by atoms with Gasteiger partial charge in [0.2, 0.25) is 5.91 Å². The first-order valence-corrected chi connectivity index (χ1v) is 11.7. The van der Waals surface area contributed by atoms with Crippen molar-refractivity contribution in [1.29, 1.82) is 5.41 Å². The highest BCUT2D eigenvalue weighted by atomic mass is 19.4. The predicted octanol–water partition coefficient (Wildman–Crippen LogP) is 5.19. The SMILES string of the molecule is CC(=O)NC[C@H]1CN(c2ccc(C(=N)CC(C)n3ccc(-c4ccc(C(F)(F)F)cc4)n3)c(F)c2)C(=O)O1. The molecule has 1 aliphatic rings. The number of carbonyl (C=O) groups excluding carboxylic acids is 2. The maximum absolute atomic E-state index is 14.9. The van der Waals surface area contributed by atoms with Gasteiger partial charge in [-0.25, -0.2) is 9.18 Å². The zero-order valence-corrected chi connectivity index (χ0v) is 20.6. The van der Waals surface area contributed by atoms with Crippen LogP contribution in [0.4, 0.5) is 28.0 Å². The van der Waals surface area contributed by atoms with Crippen LogP contribution in [0, 0.1) is 11.2 Å². The number of anilines is 1. The smallest absolute Gasteiger partial charge is 0.416 e. The second kappa shape index (κ2) is 10.6. The summed E-state index contributed by atoms with van der Waals surface area (Å²) in [6.45, 7) is 3.43. The molecule has 3 aromatic rings. The van der Waals surface area contributed by atoms with Gasteiger partial charge in [0.1, 0.15) is 11.9 Å².